The highest BCUT2D eigenvalue weighted by Crippen LogP contribution is 2.54. The van der Waals surface area contributed by atoms with E-state index in [0.717, 1.165) is 11.8 Å². The minimum Gasteiger partial charge on any atom is -0.368 e. The third-order valence-corrected chi connectivity index (χ3v) is 6.05. The fourth-order valence-corrected chi connectivity index (χ4v) is 5.24. The number of anilines is 2. The first-order chi connectivity index (χ1) is 12.0. The Hall–Kier alpha value is -1.92. The topological polar surface area (TPSA) is 106 Å². The van der Waals surface area contributed by atoms with Gasteiger partial charge in [0.1, 0.15) is 0 Å². The Balaban J connectivity index is 1.48. The van der Waals surface area contributed by atoms with Gasteiger partial charge in [0.05, 0.1) is 0 Å². The second-order valence-corrected chi connectivity index (χ2v) is 8.55. The lowest BCUT2D eigenvalue weighted by atomic mass is 9.54. The fourth-order valence-electron chi connectivity index (χ4n) is 5.24. The van der Waals surface area contributed by atoms with Crippen LogP contribution in [0.15, 0.2) is 0 Å². The molecular weight excluding hydrogens is 316 g/mol. The molecule has 7 nitrogen and oxygen atoms in total. The van der Waals surface area contributed by atoms with Gasteiger partial charge in [0.25, 0.3) is 5.91 Å². The van der Waals surface area contributed by atoms with Crippen LogP contribution in [-0.4, -0.2) is 33.4 Å². The molecule has 0 saturated heterocycles. The van der Waals surface area contributed by atoms with Gasteiger partial charge in [-0.2, -0.15) is 15.0 Å². The highest BCUT2D eigenvalue weighted by molar-refractivity contribution is 5.90. The molecule has 25 heavy (non-hydrogen) atoms. The summed E-state index contributed by atoms with van der Waals surface area (Å²) >= 11 is 0. The van der Waals surface area contributed by atoms with Crippen molar-refractivity contribution in [1.82, 2.24) is 20.3 Å². The number of hydrogen-bond donors (Lipinski definition) is 3. The van der Waals surface area contributed by atoms with E-state index in [0.29, 0.717) is 36.3 Å². The van der Waals surface area contributed by atoms with E-state index >= 15 is 0 Å². The van der Waals surface area contributed by atoms with Crippen LogP contribution in [0.25, 0.3) is 0 Å². The zero-order valence-corrected chi connectivity index (χ0v) is 15.0. The van der Waals surface area contributed by atoms with Crippen molar-refractivity contribution in [2.24, 2.45) is 29.6 Å². The molecule has 1 heterocycles. The van der Waals surface area contributed by atoms with Gasteiger partial charge in [-0.15, -0.1) is 0 Å². The molecule has 4 bridgehead atoms. The maximum absolute atomic E-state index is 12.2. The van der Waals surface area contributed by atoms with Crippen LogP contribution in [0.4, 0.5) is 11.9 Å². The summed E-state index contributed by atoms with van der Waals surface area (Å²) in [4.78, 5) is 24.8. The first-order valence-electron chi connectivity index (χ1n) is 9.54. The maximum Gasteiger partial charge on any atom is 0.289 e. The summed E-state index contributed by atoms with van der Waals surface area (Å²) in [5, 5.41) is 6.34. The summed E-state index contributed by atoms with van der Waals surface area (Å²) in [5.41, 5.74) is 5.82. The summed E-state index contributed by atoms with van der Waals surface area (Å²) in [7, 11) is 0. The molecule has 4 aliphatic rings. The monoisotopic (exact) mass is 344 g/mol. The van der Waals surface area contributed by atoms with Gasteiger partial charge in [-0.3, -0.25) is 4.79 Å². The molecule has 4 saturated carbocycles. The van der Waals surface area contributed by atoms with Crippen molar-refractivity contribution in [3.8, 4) is 0 Å². The fraction of sp³-hybridized carbons (Fsp3) is 0.778. The van der Waals surface area contributed by atoms with Crippen molar-refractivity contribution >= 4 is 17.8 Å². The van der Waals surface area contributed by atoms with Crippen LogP contribution < -0.4 is 16.4 Å². The molecule has 0 spiro atoms. The van der Waals surface area contributed by atoms with Gasteiger partial charge in [-0.05, 0) is 61.7 Å². The Morgan fingerprint density at radius 2 is 1.72 bits per heavy atom. The van der Waals surface area contributed by atoms with Crippen molar-refractivity contribution in [1.29, 1.82) is 0 Å². The lowest BCUT2D eigenvalue weighted by molar-refractivity contribution is 0.00728. The molecule has 0 atom stereocenters. The van der Waals surface area contributed by atoms with E-state index in [1.807, 2.05) is 13.8 Å². The summed E-state index contributed by atoms with van der Waals surface area (Å²) in [6, 6.07) is 0.404. The SMILES string of the molecule is CC(C)CNC(=O)c1nc(N)nc(NC2C3CC4CC(C3)CC2C4)n1. The molecule has 0 aliphatic heterocycles. The third kappa shape index (κ3) is 3.41. The number of rotatable bonds is 5. The molecular formula is C18H28N6O. The molecule has 4 aliphatic carbocycles. The Morgan fingerprint density at radius 1 is 1.08 bits per heavy atom. The average Bonchev–Trinajstić information content (AvgIpc) is 2.54. The first-order valence-corrected chi connectivity index (χ1v) is 9.54. The largest absolute Gasteiger partial charge is 0.368 e. The van der Waals surface area contributed by atoms with Crippen LogP contribution in [0.5, 0.6) is 0 Å². The van der Waals surface area contributed by atoms with E-state index in [1.54, 1.807) is 0 Å². The Morgan fingerprint density at radius 3 is 2.32 bits per heavy atom. The molecule has 1 aromatic heterocycles. The van der Waals surface area contributed by atoms with E-state index in [2.05, 4.69) is 25.6 Å². The number of aromatic nitrogens is 3. The van der Waals surface area contributed by atoms with E-state index in [1.165, 1.54) is 32.1 Å². The normalized spacial score (nSPS) is 32.8. The highest BCUT2D eigenvalue weighted by atomic mass is 16.2. The van der Waals surface area contributed by atoms with Gasteiger partial charge in [-0.1, -0.05) is 13.8 Å². The molecule has 1 aromatic rings. The molecule has 1 amide bonds. The van der Waals surface area contributed by atoms with E-state index in [9.17, 15) is 4.79 Å². The van der Waals surface area contributed by atoms with Crippen molar-refractivity contribution in [3.63, 3.8) is 0 Å². The quantitative estimate of drug-likeness (QED) is 0.755. The van der Waals surface area contributed by atoms with Gasteiger partial charge in [-0.25, -0.2) is 0 Å². The lowest BCUT2D eigenvalue weighted by Gasteiger charge is -2.54. The van der Waals surface area contributed by atoms with E-state index < -0.39 is 0 Å². The van der Waals surface area contributed by atoms with E-state index in [-0.39, 0.29) is 17.7 Å². The smallest absolute Gasteiger partial charge is 0.289 e. The number of carbonyl (C=O) groups excluding carboxylic acids is 1. The molecule has 136 valence electrons. The average molecular weight is 344 g/mol. The summed E-state index contributed by atoms with van der Waals surface area (Å²) in [6.45, 7) is 4.67. The zero-order valence-electron chi connectivity index (χ0n) is 15.0. The highest BCUT2D eigenvalue weighted by Gasteiger charge is 2.48. The lowest BCUT2D eigenvalue weighted by Crippen LogP contribution is -2.51. The number of nitrogens with one attached hydrogen (secondary N) is 2. The summed E-state index contributed by atoms with van der Waals surface area (Å²) < 4.78 is 0. The van der Waals surface area contributed by atoms with Crippen LogP contribution in [-0.2, 0) is 0 Å². The molecule has 5 rings (SSSR count). The van der Waals surface area contributed by atoms with Crippen LogP contribution >= 0.6 is 0 Å². The Bertz CT molecular complexity index is 633. The standard InChI is InChI=1S/C18H28N6O/c1-9(2)8-20-16(25)15-22-17(19)24-18(23-15)21-14-12-4-10-3-11(6-12)7-13(14)5-10/h9-14H,3-8H2,1-2H3,(H,20,25)(H3,19,21,22,23,24). The summed E-state index contributed by atoms with van der Waals surface area (Å²) in [5.74, 6) is 3.95. The second-order valence-electron chi connectivity index (χ2n) is 8.55. The van der Waals surface area contributed by atoms with Gasteiger partial charge in [0.2, 0.25) is 17.7 Å². The summed E-state index contributed by atoms with van der Waals surface area (Å²) in [6.07, 6.45) is 6.68. The predicted octanol–water partition coefficient (Wildman–Crippen LogP) is 2.08. The number of nitrogens with two attached hydrogens (primary N) is 1. The number of carbonyl (C=O) groups is 1. The van der Waals surface area contributed by atoms with Crippen LogP contribution in [0.2, 0.25) is 0 Å². The van der Waals surface area contributed by atoms with Gasteiger partial charge in [0, 0.05) is 12.6 Å². The number of hydrogen-bond acceptors (Lipinski definition) is 6. The zero-order chi connectivity index (χ0) is 17.6. The van der Waals surface area contributed by atoms with Crippen LogP contribution in [0.1, 0.15) is 56.6 Å². The van der Waals surface area contributed by atoms with Crippen molar-refractivity contribution in [3.05, 3.63) is 5.82 Å². The number of nitrogen functional groups attached to an aromatic ring is 1. The molecule has 0 radical (unpaired) electrons. The van der Waals surface area contributed by atoms with Crippen molar-refractivity contribution in [2.75, 3.05) is 17.6 Å². The predicted molar refractivity (Wildman–Crippen MR) is 95.9 cm³/mol. The van der Waals surface area contributed by atoms with Crippen LogP contribution in [0, 0.1) is 29.6 Å². The second kappa shape index (κ2) is 6.42. The van der Waals surface area contributed by atoms with Crippen molar-refractivity contribution < 1.29 is 4.79 Å². The molecule has 0 unspecified atom stereocenters. The molecule has 0 aromatic carbocycles. The minimum absolute atomic E-state index is 0.0935. The minimum atomic E-state index is -0.295. The molecule has 4 fully saturated rings. The number of amides is 1. The molecule has 4 N–H and O–H groups in total. The number of nitrogens with zero attached hydrogens (tertiary/aromatic N) is 3. The first kappa shape index (κ1) is 16.5. The Kier molecular flexibility index (Phi) is 4.25. The van der Waals surface area contributed by atoms with Gasteiger partial charge < -0.3 is 16.4 Å². The van der Waals surface area contributed by atoms with Crippen LogP contribution in [0.3, 0.4) is 0 Å². The maximum atomic E-state index is 12.2. The van der Waals surface area contributed by atoms with E-state index in [4.69, 9.17) is 5.73 Å². The van der Waals surface area contributed by atoms with Gasteiger partial charge >= 0.3 is 0 Å². The Labute approximate surface area is 148 Å². The third-order valence-electron chi connectivity index (χ3n) is 6.05. The van der Waals surface area contributed by atoms with Gasteiger partial charge in [0.15, 0.2) is 0 Å². The molecule has 7 heteroatoms. The van der Waals surface area contributed by atoms with Crippen molar-refractivity contribution in [2.45, 2.75) is 52.0 Å².